The molecule has 106 valence electrons. The topological polar surface area (TPSA) is 76.7 Å². The summed E-state index contributed by atoms with van der Waals surface area (Å²) >= 11 is 0. The first-order valence-electron chi connectivity index (χ1n) is 5.54. The van der Waals surface area contributed by atoms with E-state index in [2.05, 4.69) is 21.3 Å². The van der Waals surface area contributed by atoms with Crippen molar-refractivity contribution in [2.75, 3.05) is 25.6 Å². The molecule has 20 heavy (non-hydrogen) atoms. The molecule has 0 heterocycles. The number of hydrogen-bond acceptors (Lipinski definition) is 4. The molecule has 6 nitrogen and oxygen atoms in total. The van der Waals surface area contributed by atoms with Crippen LogP contribution in [0, 0.1) is 18.2 Å². The summed E-state index contributed by atoms with van der Waals surface area (Å²) < 4.78 is 22.6. The second-order valence-corrected chi connectivity index (χ2v) is 3.53. The Morgan fingerprint density at radius 2 is 2.20 bits per heavy atom. The van der Waals surface area contributed by atoms with Gasteiger partial charge in [-0.25, -0.2) is 9.18 Å². The second kappa shape index (κ2) is 7.63. The minimum absolute atomic E-state index is 0.0189. The summed E-state index contributed by atoms with van der Waals surface area (Å²) in [5.41, 5.74) is 0.122. The lowest BCUT2D eigenvalue weighted by molar-refractivity contribution is -0.115. The minimum Gasteiger partial charge on any atom is -0.479 e. The number of ether oxygens (including phenoxy) is 2. The van der Waals surface area contributed by atoms with Crippen LogP contribution >= 0.6 is 0 Å². The van der Waals surface area contributed by atoms with Crippen LogP contribution in [0.25, 0.3) is 0 Å². The molecule has 0 aliphatic rings. The lowest BCUT2D eigenvalue weighted by Gasteiger charge is -2.11. The zero-order valence-electron chi connectivity index (χ0n) is 10.7. The van der Waals surface area contributed by atoms with Gasteiger partial charge in [0.2, 0.25) is 5.91 Å². The van der Waals surface area contributed by atoms with Crippen LogP contribution in [0.15, 0.2) is 18.2 Å². The predicted octanol–water partition coefficient (Wildman–Crippen LogP) is 1.13. The van der Waals surface area contributed by atoms with E-state index in [1.807, 2.05) is 0 Å². The first-order chi connectivity index (χ1) is 9.56. The molecule has 7 heteroatoms. The highest BCUT2D eigenvalue weighted by Crippen LogP contribution is 2.25. The van der Waals surface area contributed by atoms with Gasteiger partial charge in [0, 0.05) is 6.07 Å². The molecule has 2 N–H and O–H groups in total. The molecule has 0 fully saturated rings. The average Bonchev–Trinajstić information content (AvgIpc) is 2.44. The Labute approximate surface area is 115 Å². The van der Waals surface area contributed by atoms with Gasteiger partial charge in [-0.2, -0.15) is 0 Å². The van der Waals surface area contributed by atoms with Gasteiger partial charge < -0.3 is 20.1 Å². The Hall–Kier alpha value is -2.75. The third-order valence-corrected chi connectivity index (χ3v) is 2.11. The van der Waals surface area contributed by atoms with E-state index < -0.39 is 17.8 Å². The number of amides is 2. The van der Waals surface area contributed by atoms with Crippen LogP contribution in [0.4, 0.5) is 14.9 Å². The van der Waals surface area contributed by atoms with Gasteiger partial charge in [-0.15, -0.1) is 6.42 Å². The average molecular weight is 280 g/mol. The van der Waals surface area contributed by atoms with Gasteiger partial charge >= 0.3 is 6.09 Å². The third kappa shape index (κ3) is 4.86. The Morgan fingerprint density at radius 1 is 1.45 bits per heavy atom. The van der Waals surface area contributed by atoms with Crippen LogP contribution in [0.5, 0.6) is 5.75 Å². The van der Waals surface area contributed by atoms with Crippen molar-refractivity contribution in [3.05, 3.63) is 24.0 Å². The summed E-state index contributed by atoms with van der Waals surface area (Å²) in [6.07, 6.45) is 4.31. The number of methoxy groups -OCH3 is 1. The Bertz CT molecular complexity index is 540. The number of carbonyl (C=O) groups is 2. The molecule has 0 spiro atoms. The summed E-state index contributed by atoms with van der Waals surface area (Å²) in [6.45, 7) is -0.341. The number of terminal acetylenes is 1. The normalized spacial score (nSPS) is 9.25. The highest BCUT2D eigenvalue weighted by atomic mass is 19.1. The zero-order chi connectivity index (χ0) is 15.0. The van der Waals surface area contributed by atoms with E-state index in [0.29, 0.717) is 0 Å². The Balaban J connectivity index is 2.70. The molecular formula is C13H13FN2O4. The predicted molar refractivity (Wildman–Crippen MR) is 69.8 cm³/mol. The number of benzene rings is 1. The van der Waals surface area contributed by atoms with E-state index in [1.165, 1.54) is 19.2 Å². The summed E-state index contributed by atoms with van der Waals surface area (Å²) in [7, 11) is 1.17. The SMILES string of the molecule is C#CCOc1ccc(F)cc1NC(=O)CNC(=O)OC. The smallest absolute Gasteiger partial charge is 0.407 e. The van der Waals surface area contributed by atoms with E-state index in [9.17, 15) is 14.0 Å². The largest absolute Gasteiger partial charge is 0.479 e. The number of halogens is 1. The molecular weight excluding hydrogens is 267 g/mol. The number of hydrogen-bond donors (Lipinski definition) is 2. The molecule has 0 aromatic heterocycles. The maximum atomic E-state index is 13.2. The summed E-state index contributed by atoms with van der Waals surface area (Å²) in [4.78, 5) is 22.4. The minimum atomic E-state index is -0.747. The quantitative estimate of drug-likeness (QED) is 0.793. The van der Waals surface area contributed by atoms with Gasteiger partial charge in [0.05, 0.1) is 12.8 Å². The summed E-state index contributed by atoms with van der Waals surface area (Å²) in [6, 6.07) is 3.60. The lowest BCUT2D eigenvalue weighted by Crippen LogP contribution is -2.32. The van der Waals surface area contributed by atoms with E-state index >= 15 is 0 Å². The van der Waals surface area contributed by atoms with Gasteiger partial charge in [0.1, 0.15) is 24.7 Å². The van der Waals surface area contributed by atoms with Gasteiger partial charge in [-0.1, -0.05) is 5.92 Å². The van der Waals surface area contributed by atoms with Crippen molar-refractivity contribution in [2.45, 2.75) is 0 Å². The number of alkyl carbamates (subject to hydrolysis) is 1. The summed E-state index contributed by atoms with van der Waals surface area (Å²) in [5, 5.41) is 4.59. The molecule has 0 aliphatic heterocycles. The zero-order valence-corrected chi connectivity index (χ0v) is 10.7. The van der Waals surface area contributed by atoms with Crippen molar-refractivity contribution in [3.8, 4) is 18.1 Å². The van der Waals surface area contributed by atoms with Crippen LogP contribution in [0.2, 0.25) is 0 Å². The van der Waals surface area contributed by atoms with E-state index in [0.717, 1.165) is 6.07 Å². The molecule has 0 unspecified atom stereocenters. The Kier molecular flexibility index (Phi) is 5.84. The second-order valence-electron chi connectivity index (χ2n) is 3.53. The van der Waals surface area contributed by atoms with E-state index in [-0.39, 0.29) is 24.6 Å². The van der Waals surface area contributed by atoms with Crippen LogP contribution in [-0.2, 0) is 9.53 Å². The monoisotopic (exact) mass is 280 g/mol. The maximum absolute atomic E-state index is 13.2. The molecule has 0 saturated heterocycles. The van der Waals surface area contributed by atoms with Crippen molar-refractivity contribution >= 4 is 17.7 Å². The molecule has 1 rings (SSSR count). The van der Waals surface area contributed by atoms with E-state index in [1.54, 1.807) is 0 Å². The molecule has 0 radical (unpaired) electrons. The molecule has 0 saturated carbocycles. The maximum Gasteiger partial charge on any atom is 0.407 e. The highest BCUT2D eigenvalue weighted by Gasteiger charge is 2.10. The number of nitrogens with one attached hydrogen (secondary N) is 2. The highest BCUT2D eigenvalue weighted by molar-refractivity contribution is 5.95. The van der Waals surface area contributed by atoms with Crippen LogP contribution in [0.1, 0.15) is 0 Å². The molecule has 1 aromatic carbocycles. The van der Waals surface area contributed by atoms with Crippen molar-refractivity contribution in [2.24, 2.45) is 0 Å². The van der Waals surface area contributed by atoms with E-state index in [4.69, 9.17) is 11.2 Å². The third-order valence-electron chi connectivity index (χ3n) is 2.11. The molecule has 0 aliphatic carbocycles. The molecule has 0 bridgehead atoms. The fraction of sp³-hybridized carbons (Fsp3) is 0.231. The molecule has 2 amide bonds. The van der Waals surface area contributed by atoms with Gasteiger partial charge in [-0.3, -0.25) is 4.79 Å². The van der Waals surface area contributed by atoms with Gasteiger partial charge in [-0.05, 0) is 12.1 Å². The van der Waals surface area contributed by atoms with Crippen molar-refractivity contribution < 1.29 is 23.5 Å². The molecule has 1 aromatic rings. The standard InChI is InChI=1S/C13H13FN2O4/c1-3-6-20-11-5-4-9(14)7-10(11)16-12(17)8-15-13(18)19-2/h1,4-5,7H,6,8H2,2H3,(H,15,18)(H,16,17). The number of carbonyl (C=O) groups excluding carboxylic acids is 2. The molecule has 0 atom stereocenters. The number of rotatable bonds is 5. The van der Waals surface area contributed by atoms with Crippen LogP contribution < -0.4 is 15.4 Å². The lowest BCUT2D eigenvalue weighted by atomic mass is 10.2. The van der Waals surface area contributed by atoms with Gasteiger partial charge in [0.15, 0.2) is 0 Å². The van der Waals surface area contributed by atoms with Crippen molar-refractivity contribution in [1.82, 2.24) is 5.32 Å². The van der Waals surface area contributed by atoms with Crippen molar-refractivity contribution in [1.29, 1.82) is 0 Å². The summed E-state index contributed by atoms with van der Waals surface area (Å²) in [5.74, 6) is 1.38. The fourth-order valence-corrected chi connectivity index (χ4v) is 1.26. The van der Waals surface area contributed by atoms with Gasteiger partial charge in [0.25, 0.3) is 0 Å². The first-order valence-corrected chi connectivity index (χ1v) is 5.54. The van der Waals surface area contributed by atoms with Crippen molar-refractivity contribution in [3.63, 3.8) is 0 Å². The van der Waals surface area contributed by atoms with Crippen LogP contribution in [-0.4, -0.2) is 32.3 Å². The Morgan fingerprint density at radius 3 is 2.85 bits per heavy atom. The fourth-order valence-electron chi connectivity index (χ4n) is 1.26. The van der Waals surface area contributed by atoms with Crippen LogP contribution in [0.3, 0.4) is 0 Å². The first kappa shape index (κ1) is 15.3. The number of anilines is 1.